The van der Waals surface area contributed by atoms with Gasteiger partial charge in [-0.1, -0.05) is 59.3 Å². The van der Waals surface area contributed by atoms with E-state index in [2.05, 4.69) is 5.16 Å². The quantitative estimate of drug-likeness (QED) is 0.192. The van der Waals surface area contributed by atoms with Crippen LogP contribution in [0, 0.1) is 6.92 Å². The van der Waals surface area contributed by atoms with Gasteiger partial charge in [-0.15, -0.1) is 0 Å². The standard InChI is InChI=1S/C30H33NO6/c1-4-35-29(32)17-30(20-34-21-30)25-11-15-27(16-12-25)36-18-23-7-13-26(14-8-23)37-19-28(31-33-3)24-9-5-22(2)6-10-24/h5-16H,4,17-21H2,1-3H3/b31-28-. The van der Waals surface area contributed by atoms with Crippen molar-refractivity contribution < 1.29 is 28.6 Å². The Balaban J connectivity index is 1.29. The van der Waals surface area contributed by atoms with Gasteiger partial charge in [-0.05, 0) is 49.2 Å². The van der Waals surface area contributed by atoms with Crippen molar-refractivity contribution in [3.8, 4) is 11.5 Å². The predicted octanol–water partition coefficient (Wildman–Crippen LogP) is 5.22. The maximum Gasteiger partial charge on any atom is 0.306 e. The summed E-state index contributed by atoms with van der Waals surface area (Å²) in [5, 5.41) is 4.11. The molecule has 1 fully saturated rings. The predicted molar refractivity (Wildman–Crippen MR) is 141 cm³/mol. The second-order valence-electron chi connectivity index (χ2n) is 9.09. The van der Waals surface area contributed by atoms with E-state index in [1.807, 2.05) is 86.6 Å². The number of carbonyl (C=O) groups excluding carboxylic acids is 1. The fourth-order valence-electron chi connectivity index (χ4n) is 4.13. The molecule has 0 radical (unpaired) electrons. The Morgan fingerprint density at radius 3 is 2.16 bits per heavy atom. The Bertz CT molecular complexity index is 1180. The molecule has 0 bridgehead atoms. The Morgan fingerprint density at radius 1 is 0.919 bits per heavy atom. The number of carbonyl (C=O) groups is 1. The highest BCUT2D eigenvalue weighted by Gasteiger charge is 2.42. The molecule has 7 heteroatoms. The highest BCUT2D eigenvalue weighted by Crippen LogP contribution is 2.37. The summed E-state index contributed by atoms with van der Waals surface area (Å²) >= 11 is 0. The van der Waals surface area contributed by atoms with Crippen LogP contribution in [0.15, 0.2) is 78.0 Å². The molecule has 0 amide bonds. The normalized spacial score (nSPS) is 14.4. The van der Waals surface area contributed by atoms with Gasteiger partial charge in [-0.3, -0.25) is 4.79 Å². The molecule has 3 aromatic rings. The van der Waals surface area contributed by atoms with Gasteiger partial charge in [0.15, 0.2) is 0 Å². The lowest BCUT2D eigenvalue weighted by atomic mass is 9.76. The lowest BCUT2D eigenvalue weighted by Crippen LogP contribution is -2.48. The van der Waals surface area contributed by atoms with Gasteiger partial charge >= 0.3 is 5.97 Å². The molecular weight excluding hydrogens is 470 g/mol. The SMILES string of the molecule is CCOC(=O)CC1(c2ccc(OCc3ccc(OC/C(=N/OC)c4ccc(C)cc4)cc3)cc2)COC1. The van der Waals surface area contributed by atoms with E-state index in [1.165, 1.54) is 12.7 Å². The zero-order chi connectivity index (χ0) is 26.1. The van der Waals surface area contributed by atoms with Gasteiger partial charge < -0.3 is 23.8 Å². The van der Waals surface area contributed by atoms with E-state index in [9.17, 15) is 4.79 Å². The summed E-state index contributed by atoms with van der Waals surface area (Å²) in [6, 6.07) is 23.7. The molecule has 7 nitrogen and oxygen atoms in total. The molecule has 37 heavy (non-hydrogen) atoms. The number of rotatable bonds is 12. The maximum absolute atomic E-state index is 12.0. The monoisotopic (exact) mass is 503 g/mol. The first-order chi connectivity index (χ1) is 18.0. The van der Waals surface area contributed by atoms with Crippen LogP contribution in [0.3, 0.4) is 0 Å². The van der Waals surface area contributed by atoms with Gasteiger partial charge in [0.25, 0.3) is 0 Å². The third-order valence-electron chi connectivity index (χ3n) is 6.30. The van der Waals surface area contributed by atoms with Crippen LogP contribution in [0.1, 0.15) is 35.6 Å². The summed E-state index contributed by atoms with van der Waals surface area (Å²) in [5.41, 5.74) is 4.63. The molecule has 0 unspecified atom stereocenters. The molecule has 1 saturated heterocycles. The van der Waals surface area contributed by atoms with Gasteiger partial charge in [0.2, 0.25) is 0 Å². The van der Waals surface area contributed by atoms with Crippen molar-refractivity contribution in [2.45, 2.75) is 32.3 Å². The second-order valence-corrected chi connectivity index (χ2v) is 9.09. The van der Waals surface area contributed by atoms with Crippen molar-refractivity contribution in [3.63, 3.8) is 0 Å². The third-order valence-corrected chi connectivity index (χ3v) is 6.30. The first kappa shape index (κ1) is 26.2. The van der Waals surface area contributed by atoms with Crippen LogP contribution in [-0.2, 0) is 31.1 Å². The Hall–Kier alpha value is -3.84. The number of hydrogen-bond acceptors (Lipinski definition) is 7. The fourth-order valence-corrected chi connectivity index (χ4v) is 4.13. The molecule has 0 saturated carbocycles. The summed E-state index contributed by atoms with van der Waals surface area (Å²) in [7, 11) is 1.53. The van der Waals surface area contributed by atoms with Crippen molar-refractivity contribution >= 4 is 11.7 Å². The zero-order valence-corrected chi connectivity index (χ0v) is 21.6. The van der Waals surface area contributed by atoms with Crippen LogP contribution in [0.5, 0.6) is 11.5 Å². The second kappa shape index (κ2) is 12.4. The molecule has 0 spiro atoms. The van der Waals surface area contributed by atoms with Crippen LogP contribution in [0.25, 0.3) is 0 Å². The van der Waals surface area contributed by atoms with E-state index >= 15 is 0 Å². The van der Waals surface area contributed by atoms with Crippen LogP contribution in [0.2, 0.25) is 0 Å². The van der Waals surface area contributed by atoms with Gasteiger partial charge in [0.1, 0.15) is 37.5 Å². The first-order valence-corrected chi connectivity index (χ1v) is 12.4. The zero-order valence-electron chi connectivity index (χ0n) is 21.6. The van der Waals surface area contributed by atoms with Crippen molar-refractivity contribution in [2.24, 2.45) is 5.16 Å². The number of ether oxygens (including phenoxy) is 4. The Labute approximate surface area is 217 Å². The number of esters is 1. The van der Waals surface area contributed by atoms with E-state index in [0.29, 0.717) is 39.5 Å². The lowest BCUT2D eigenvalue weighted by Gasteiger charge is -2.41. The molecule has 0 atom stereocenters. The molecule has 4 rings (SSSR count). The molecule has 1 heterocycles. The number of nitrogens with zero attached hydrogens (tertiary/aromatic N) is 1. The van der Waals surface area contributed by atoms with Crippen molar-refractivity contribution in [1.29, 1.82) is 0 Å². The highest BCUT2D eigenvalue weighted by atomic mass is 16.6. The van der Waals surface area contributed by atoms with Crippen LogP contribution < -0.4 is 9.47 Å². The van der Waals surface area contributed by atoms with Crippen LogP contribution in [0.4, 0.5) is 0 Å². The third kappa shape index (κ3) is 6.89. The molecule has 1 aliphatic heterocycles. The average molecular weight is 504 g/mol. The maximum atomic E-state index is 12.0. The minimum Gasteiger partial charge on any atom is -0.489 e. The topological polar surface area (TPSA) is 75.6 Å². The Morgan fingerprint density at radius 2 is 1.57 bits per heavy atom. The van der Waals surface area contributed by atoms with Crippen molar-refractivity contribution in [1.82, 2.24) is 0 Å². The Kier molecular flexibility index (Phi) is 8.80. The van der Waals surface area contributed by atoms with E-state index in [4.69, 9.17) is 23.8 Å². The van der Waals surface area contributed by atoms with E-state index in [1.54, 1.807) is 0 Å². The van der Waals surface area contributed by atoms with Gasteiger partial charge in [-0.25, -0.2) is 0 Å². The number of hydrogen-bond donors (Lipinski definition) is 0. The molecule has 3 aromatic carbocycles. The van der Waals surface area contributed by atoms with Gasteiger partial charge in [0, 0.05) is 5.56 Å². The largest absolute Gasteiger partial charge is 0.489 e. The first-order valence-electron chi connectivity index (χ1n) is 12.4. The molecular formula is C30H33NO6. The van der Waals surface area contributed by atoms with Crippen LogP contribution >= 0.6 is 0 Å². The van der Waals surface area contributed by atoms with E-state index in [0.717, 1.165) is 33.9 Å². The minimum absolute atomic E-state index is 0.198. The van der Waals surface area contributed by atoms with Gasteiger partial charge in [0.05, 0.1) is 31.7 Å². The highest BCUT2D eigenvalue weighted by molar-refractivity contribution is 6.01. The molecule has 1 aliphatic rings. The molecule has 0 N–H and O–H groups in total. The van der Waals surface area contributed by atoms with Crippen molar-refractivity contribution in [3.05, 3.63) is 95.1 Å². The summed E-state index contributed by atoms with van der Waals surface area (Å²) in [5.74, 6) is 1.30. The summed E-state index contributed by atoms with van der Waals surface area (Å²) in [6.45, 7) is 6.00. The molecule has 194 valence electrons. The summed E-state index contributed by atoms with van der Waals surface area (Å²) in [4.78, 5) is 17.0. The fraction of sp³-hybridized carbons (Fsp3) is 0.333. The van der Waals surface area contributed by atoms with E-state index in [-0.39, 0.29) is 11.4 Å². The average Bonchev–Trinajstić information content (AvgIpc) is 2.89. The summed E-state index contributed by atoms with van der Waals surface area (Å²) < 4.78 is 22.5. The number of benzene rings is 3. The van der Waals surface area contributed by atoms with Crippen LogP contribution in [-0.4, -0.2) is 45.2 Å². The van der Waals surface area contributed by atoms with E-state index < -0.39 is 0 Å². The molecule has 0 aromatic heterocycles. The molecule has 0 aliphatic carbocycles. The minimum atomic E-state index is -0.312. The smallest absolute Gasteiger partial charge is 0.306 e. The van der Waals surface area contributed by atoms with Gasteiger partial charge in [-0.2, -0.15) is 0 Å². The van der Waals surface area contributed by atoms with Crippen molar-refractivity contribution in [2.75, 3.05) is 33.5 Å². The number of oxime groups is 1. The number of aryl methyl sites for hydroxylation is 1. The lowest BCUT2D eigenvalue weighted by molar-refractivity contribution is -0.151. The summed E-state index contributed by atoms with van der Waals surface area (Å²) in [6.07, 6.45) is 0.319.